The average Bonchev–Trinajstić information content (AvgIpc) is 3.02. The van der Waals surface area contributed by atoms with Crippen LogP contribution in [0, 0.1) is 0 Å². The molecule has 2 heterocycles. The Morgan fingerprint density at radius 3 is 2.55 bits per heavy atom. The number of aromatic nitrogens is 2. The van der Waals surface area contributed by atoms with Gasteiger partial charge >= 0.3 is 11.1 Å². The SMILES string of the molecule is Cl.O=c1[nH]c2ccc3c(c2[nH]c1=O)CC(N1CCCC1)CC3. The molecule has 1 saturated heterocycles. The van der Waals surface area contributed by atoms with Crippen molar-refractivity contribution in [2.24, 2.45) is 0 Å². The van der Waals surface area contributed by atoms with Crippen molar-refractivity contribution in [3.8, 4) is 0 Å². The molecule has 5 nitrogen and oxygen atoms in total. The van der Waals surface area contributed by atoms with E-state index in [0.717, 1.165) is 23.9 Å². The summed E-state index contributed by atoms with van der Waals surface area (Å²) in [5.74, 6) is 0. The van der Waals surface area contributed by atoms with Crippen molar-refractivity contribution in [1.82, 2.24) is 14.9 Å². The molecular weight excluding hydrogens is 302 g/mol. The molecule has 2 N–H and O–H groups in total. The van der Waals surface area contributed by atoms with Crippen molar-refractivity contribution in [3.63, 3.8) is 0 Å². The number of hydrogen-bond donors (Lipinski definition) is 2. The number of aromatic amines is 2. The molecular formula is C16H20ClN3O2. The Balaban J connectivity index is 0.00000144. The zero-order valence-electron chi connectivity index (χ0n) is 12.4. The average molecular weight is 322 g/mol. The molecule has 0 amide bonds. The van der Waals surface area contributed by atoms with Gasteiger partial charge < -0.3 is 14.9 Å². The Hall–Kier alpha value is -1.59. The Kier molecular flexibility index (Phi) is 4.10. The predicted octanol–water partition coefficient (Wildman–Crippen LogP) is 1.59. The van der Waals surface area contributed by atoms with E-state index in [4.69, 9.17) is 0 Å². The first-order valence-electron chi connectivity index (χ1n) is 7.73. The van der Waals surface area contributed by atoms with E-state index >= 15 is 0 Å². The monoisotopic (exact) mass is 321 g/mol. The third kappa shape index (κ3) is 2.48. The summed E-state index contributed by atoms with van der Waals surface area (Å²) in [6.07, 6.45) is 5.79. The summed E-state index contributed by atoms with van der Waals surface area (Å²) in [7, 11) is 0. The lowest BCUT2D eigenvalue weighted by Crippen LogP contribution is -2.37. The summed E-state index contributed by atoms with van der Waals surface area (Å²) in [5.41, 5.74) is 2.94. The Morgan fingerprint density at radius 2 is 1.77 bits per heavy atom. The van der Waals surface area contributed by atoms with Gasteiger partial charge in [-0.05, 0) is 62.4 Å². The Bertz CT molecular complexity index is 805. The van der Waals surface area contributed by atoms with E-state index in [-0.39, 0.29) is 12.4 Å². The van der Waals surface area contributed by atoms with Crippen LogP contribution in [0.4, 0.5) is 0 Å². The highest BCUT2D eigenvalue weighted by Gasteiger charge is 2.27. The van der Waals surface area contributed by atoms with E-state index in [2.05, 4.69) is 20.9 Å². The molecule has 1 aliphatic heterocycles. The molecule has 1 atom stereocenters. The van der Waals surface area contributed by atoms with Crippen molar-refractivity contribution >= 4 is 23.4 Å². The molecule has 1 aliphatic carbocycles. The van der Waals surface area contributed by atoms with Crippen molar-refractivity contribution in [2.45, 2.75) is 38.1 Å². The topological polar surface area (TPSA) is 69.0 Å². The molecule has 4 rings (SSSR count). The van der Waals surface area contributed by atoms with Crippen molar-refractivity contribution < 1.29 is 0 Å². The van der Waals surface area contributed by atoms with Crippen molar-refractivity contribution in [3.05, 3.63) is 44.0 Å². The number of aryl methyl sites for hydroxylation is 1. The van der Waals surface area contributed by atoms with Crippen molar-refractivity contribution in [2.75, 3.05) is 13.1 Å². The molecule has 2 aromatic rings. The first-order valence-corrected chi connectivity index (χ1v) is 7.73. The largest absolute Gasteiger partial charge is 0.316 e. The predicted molar refractivity (Wildman–Crippen MR) is 89.1 cm³/mol. The number of nitrogens with one attached hydrogen (secondary N) is 2. The second-order valence-corrected chi connectivity index (χ2v) is 6.17. The summed E-state index contributed by atoms with van der Waals surface area (Å²) >= 11 is 0. The Labute approximate surface area is 134 Å². The van der Waals surface area contributed by atoms with Crippen LogP contribution in [-0.2, 0) is 12.8 Å². The number of H-pyrrole nitrogens is 2. The second-order valence-electron chi connectivity index (χ2n) is 6.17. The summed E-state index contributed by atoms with van der Waals surface area (Å²) in [4.78, 5) is 31.1. The van der Waals surface area contributed by atoms with E-state index in [1.807, 2.05) is 6.07 Å². The van der Waals surface area contributed by atoms with Crippen LogP contribution < -0.4 is 11.1 Å². The van der Waals surface area contributed by atoms with E-state index in [0.29, 0.717) is 6.04 Å². The molecule has 1 unspecified atom stereocenters. The van der Waals surface area contributed by atoms with Crippen LogP contribution in [0.1, 0.15) is 30.4 Å². The highest BCUT2D eigenvalue weighted by atomic mass is 35.5. The van der Waals surface area contributed by atoms with Gasteiger partial charge in [-0.3, -0.25) is 9.59 Å². The molecule has 1 aromatic carbocycles. The molecule has 0 saturated carbocycles. The molecule has 0 bridgehead atoms. The fourth-order valence-electron chi connectivity index (χ4n) is 3.83. The maximum Gasteiger partial charge on any atom is 0.314 e. The standard InChI is InChI=1S/C16H19N3O2.ClH/c20-15-16(21)18-14-12-9-11(19-7-1-2-8-19)5-3-10(12)4-6-13(14)17-15;/h4,6,11H,1-3,5,7-9H2,(H,17,20)(H,18,21);1H. The van der Waals surface area contributed by atoms with Crippen LogP contribution in [-0.4, -0.2) is 34.0 Å². The van der Waals surface area contributed by atoms with Crippen LogP contribution in [0.15, 0.2) is 21.7 Å². The molecule has 0 radical (unpaired) electrons. The van der Waals surface area contributed by atoms with Gasteiger partial charge in [0.25, 0.3) is 0 Å². The molecule has 1 fully saturated rings. The van der Waals surface area contributed by atoms with E-state index in [9.17, 15) is 9.59 Å². The van der Waals surface area contributed by atoms with Gasteiger partial charge in [0.1, 0.15) is 0 Å². The van der Waals surface area contributed by atoms with Gasteiger partial charge in [0.15, 0.2) is 0 Å². The first-order chi connectivity index (χ1) is 10.2. The number of likely N-dealkylation sites (tertiary alicyclic amines) is 1. The lowest BCUT2D eigenvalue weighted by Gasteiger charge is -2.32. The normalized spacial score (nSPS) is 21.5. The van der Waals surface area contributed by atoms with Crippen LogP contribution in [0.2, 0.25) is 0 Å². The third-order valence-corrected chi connectivity index (χ3v) is 4.95. The maximum absolute atomic E-state index is 11.6. The number of fused-ring (bicyclic) bond motifs is 3. The van der Waals surface area contributed by atoms with Crippen LogP contribution in [0.25, 0.3) is 11.0 Å². The quantitative estimate of drug-likeness (QED) is 0.784. The van der Waals surface area contributed by atoms with Gasteiger partial charge in [-0.1, -0.05) is 6.07 Å². The number of nitrogens with zero attached hydrogens (tertiary/aromatic N) is 1. The highest BCUT2D eigenvalue weighted by molar-refractivity contribution is 5.85. The summed E-state index contributed by atoms with van der Waals surface area (Å²) in [5, 5.41) is 0. The van der Waals surface area contributed by atoms with Crippen LogP contribution in [0.3, 0.4) is 0 Å². The van der Waals surface area contributed by atoms with Gasteiger partial charge in [-0.25, -0.2) is 0 Å². The van der Waals surface area contributed by atoms with Crippen LogP contribution >= 0.6 is 12.4 Å². The molecule has 0 spiro atoms. The molecule has 118 valence electrons. The zero-order valence-corrected chi connectivity index (χ0v) is 13.2. The summed E-state index contributed by atoms with van der Waals surface area (Å²) < 4.78 is 0. The molecule has 22 heavy (non-hydrogen) atoms. The smallest absolute Gasteiger partial charge is 0.314 e. The number of hydrogen-bond acceptors (Lipinski definition) is 3. The van der Waals surface area contributed by atoms with E-state index < -0.39 is 11.1 Å². The van der Waals surface area contributed by atoms with Crippen molar-refractivity contribution in [1.29, 1.82) is 0 Å². The second kappa shape index (κ2) is 5.89. The minimum Gasteiger partial charge on any atom is -0.316 e. The van der Waals surface area contributed by atoms with Crippen LogP contribution in [0.5, 0.6) is 0 Å². The first kappa shape index (κ1) is 15.3. The lowest BCUT2D eigenvalue weighted by atomic mass is 9.86. The Morgan fingerprint density at radius 1 is 1.05 bits per heavy atom. The number of halogens is 1. The number of rotatable bonds is 1. The molecule has 6 heteroatoms. The molecule has 1 aromatic heterocycles. The fourth-order valence-corrected chi connectivity index (χ4v) is 3.83. The zero-order chi connectivity index (χ0) is 14.4. The summed E-state index contributed by atoms with van der Waals surface area (Å²) in [6, 6.07) is 4.56. The highest BCUT2D eigenvalue weighted by Crippen LogP contribution is 2.30. The van der Waals surface area contributed by atoms with E-state index in [1.165, 1.54) is 43.5 Å². The van der Waals surface area contributed by atoms with Gasteiger partial charge in [0, 0.05) is 6.04 Å². The molecule has 2 aliphatic rings. The minimum atomic E-state index is -0.575. The lowest BCUT2D eigenvalue weighted by molar-refractivity contribution is 0.222. The van der Waals surface area contributed by atoms with Gasteiger partial charge in [-0.2, -0.15) is 0 Å². The van der Waals surface area contributed by atoms with Gasteiger partial charge in [0.05, 0.1) is 11.0 Å². The fraction of sp³-hybridized carbons (Fsp3) is 0.500. The summed E-state index contributed by atoms with van der Waals surface area (Å²) in [6.45, 7) is 2.39. The van der Waals surface area contributed by atoms with E-state index in [1.54, 1.807) is 0 Å². The van der Waals surface area contributed by atoms with Gasteiger partial charge in [-0.15, -0.1) is 12.4 Å². The third-order valence-electron chi connectivity index (χ3n) is 4.95. The van der Waals surface area contributed by atoms with Gasteiger partial charge in [0.2, 0.25) is 0 Å². The minimum absolute atomic E-state index is 0. The maximum atomic E-state index is 11.6. The number of benzene rings is 1.